The van der Waals surface area contributed by atoms with Gasteiger partial charge in [0.25, 0.3) is 0 Å². The van der Waals surface area contributed by atoms with Crippen LogP contribution in [-0.4, -0.2) is 6.61 Å². The van der Waals surface area contributed by atoms with Gasteiger partial charge in [0.05, 0.1) is 6.61 Å². The molecule has 0 N–H and O–H groups in total. The zero-order chi connectivity index (χ0) is 9.84. The minimum absolute atomic E-state index is 0.0240. The molecule has 0 atom stereocenters. The van der Waals surface area contributed by atoms with Crippen molar-refractivity contribution in [2.24, 2.45) is 0 Å². The van der Waals surface area contributed by atoms with Crippen molar-refractivity contribution in [1.29, 1.82) is 0 Å². The largest absolute Gasteiger partial charge is 0.345 e. The van der Waals surface area contributed by atoms with E-state index in [4.69, 9.17) is 0 Å². The predicted octanol–water partition coefficient (Wildman–Crippen LogP) is 3.04. The summed E-state index contributed by atoms with van der Waals surface area (Å²) in [6.07, 6.45) is 0. The van der Waals surface area contributed by atoms with Crippen LogP contribution in [0.1, 0.15) is 16.7 Å². The number of aryl methyl sites for hydroxylation is 2. The van der Waals surface area contributed by atoms with Gasteiger partial charge in [0, 0.05) is 0 Å². The van der Waals surface area contributed by atoms with Crippen molar-refractivity contribution in [1.82, 2.24) is 0 Å². The Morgan fingerprint density at radius 1 is 1.31 bits per heavy atom. The van der Waals surface area contributed by atoms with Gasteiger partial charge in [0.2, 0.25) is 0 Å². The first kappa shape index (κ1) is 10.1. The summed E-state index contributed by atoms with van der Waals surface area (Å²) in [5, 5.41) is 0. The maximum absolute atomic E-state index is 11.7. The Hall–Kier alpha value is -0.960. The molecule has 13 heavy (non-hydrogen) atoms. The van der Waals surface area contributed by atoms with Crippen LogP contribution >= 0.6 is 0 Å². The molecular formula is C10H12F2O. The first-order valence-corrected chi connectivity index (χ1v) is 4.05. The lowest BCUT2D eigenvalue weighted by Gasteiger charge is -2.06. The van der Waals surface area contributed by atoms with E-state index in [0.717, 1.165) is 16.7 Å². The van der Waals surface area contributed by atoms with E-state index in [0.29, 0.717) is 0 Å². The summed E-state index contributed by atoms with van der Waals surface area (Å²) < 4.78 is 27.6. The molecule has 0 aromatic heterocycles. The van der Waals surface area contributed by atoms with Crippen LogP contribution in [0.25, 0.3) is 0 Å². The highest BCUT2D eigenvalue weighted by atomic mass is 19.3. The van der Waals surface area contributed by atoms with Crippen molar-refractivity contribution in [2.75, 3.05) is 0 Å². The zero-order valence-corrected chi connectivity index (χ0v) is 7.68. The third-order valence-corrected chi connectivity index (χ3v) is 1.86. The topological polar surface area (TPSA) is 9.23 Å². The molecule has 0 saturated carbocycles. The minimum Gasteiger partial charge on any atom is -0.318 e. The first-order chi connectivity index (χ1) is 6.09. The average molecular weight is 186 g/mol. The van der Waals surface area contributed by atoms with Gasteiger partial charge in [-0.2, -0.15) is 8.78 Å². The van der Waals surface area contributed by atoms with E-state index < -0.39 is 6.61 Å². The Kier molecular flexibility index (Phi) is 3.37. The van der Waals surface area contributed by atoms with E-state index in [1.54, 1.807) is 0 Å². The van der Waals surface area contributed by atoms with E-state index in [1.807, 2.05) is 32.0 Å². The van der Waals surface area contributed by atoms with Gasteiger partial charge in [0.15, 0.2) is 0 Å². The first-order valence-electron chi connectivity index (χ1n) is 4.05. The maximum atomic E-state index is 11.7. The Labute approximate surface area is 76.3 Å². The number of alkyl halides is 2. The molecule has 0 bridgehead atoms. The molecule has 0 spiro atoms. The lowest BCUT2D eigenvalue weighted by Crippen LogP contribution is -2.00. The maximum Gasteiger partial charge on any atom is 0.345 e. The van der Waals surface area contributed by atoms with Crippen LogP contribution in [-0.2, 0) is 11.3 Å². The van der Waals surface area contributed by atoms with Crippen LogP contribution in [0.15, 0.2) is 18.2 Å². The molecule has 1 rings (SSSR count). The van der Waals surface area contributed by atoms with Gasteiger partial charge in [-0.3, -0.25) is 0 Å². The predicted molar refractivity (Wildman–Crippen MR) is 46.7 cm³/mol. The Morgan fingerprint density at radius 3 is 2.54 bits per heavy atom. The molecule has 0 aliphatic heterocycles. The molecule has 0 aliphatic carbocycles. The lowest BCUT2D eigenvalue weighted by atomic mass is 10.1. The number of hydrogen-bond acceptors (Lipinski definition) is 1. The molecule has 0 fully saturated rings. The van der Waals surface area contributed by atoms with Crippen molar-refractivity contribution in [3.63, 3.8) is 0 Å². The van der Waals surface area contributed by atoms with E-state index in [-0.39, 0.29) is 6.61 Å². The fourth-order valence-electron chi connectivity index (χ4n) is 1.16. The fourth-order valence-corrected chi connectivity index (χ4v) is 1.16. The van der Waals surface area contributed by atoms with Gasteiger partial charge in [-0.25, -0.2) is 0 Å². The van der Waals surface area contributed by atoms with Gasteiger partial charge in [0.1, 0.15) is 0 Å². The highest BCUT2D eigenvalue weighted by Crippen LogP contribution is 2.12. The van der Waals surface area contributed by atoms with Crippen LogP contribution in [0.2, 0.25) is 0 Å². The second kappa shape index (κ2) is 4.33. The molecule has 3 heteroatoms. The van der Waals surface area contributed by atoms with Crippen LogP contribution in [0, 0.1) is 13.8 Å². The number of ether oxygens (including phenoxy) is 1. The molecule has 1 nitrogen and oxygen atoms in total. The molecule has 0 unspecified atom stereocenters. The fraction of sp³-hybridized carbons (Fsp3) is 0.400. The second-order valence-corrected chi connectivity index (χ2v) is 3.00. The average Bonchev–Trinajstić information content (AvgIpc) is 2.02. The van der Waals surface area contributed by atoms with E-state index >= 15 is 0 Å². The monoisotopic (exact) mass is 186 g/mol. The van der Waals surface area contributed by atoms with Crippen molar-refractivity contribution >= 4 is 0 Å². The SMILES string of the molecule is Cc1ccc(COC(F)F)c(C)c1. The molecule has 0 aliphatic rings. The van der Waals surface area contributed by atoms with Gasteiger partial charge >= 0.3 is 6.61 Å². The zero-order valence-electron chi connectivity index (χ0n) is 7.68. The molecule has 1 aromatic carbocycles. The normalized spacial score (nSPS) is 10.8. The van der Waals surface area contributed by atoms with E-state index in [1.165, 1.54) is 0 Å². The third-order valence-electron chi connectivity index (χ3n) is 1.86. The highest BCUT2D eigenvalue weighted by Gasteiger charge is 2.04. The molecular weight excluding hydrogens is 174 g/mol. The van der Waals surface area contributed by atoms with Crippen LogP contribution in [0.5, 0.6) is 0 Å². The second-order valence-electron chi connectivity index (χ2n) is 3.00. The summed E-state index contributed by atoms with van der Waals surface area (Å²) in [6, 6.07) is 5.65. The van der Waals surface area contributed by atoms with Gasteiger partial charge < -0.3 is 4.74 Å². The minimum atomic E-state index is -2.69. The third kappa shape index (κ3) is 3.11. The molecule has 0 saturated heterocycles. The van der Waals surface area contributed by atoms with Crippen LogP contribution < -0.4 is 0 Å². The summed E-state index contributed by atoms with van der Waals surface area (Å²) in [4.78, 5) is 0. The summed E-state index contributed by atoms with van der Waals surface area (Å²) in [6.45, 7) is 1.13. The Balaban J connectivity index is 2.67. The number of hydrogen-bond donors (Lipinski definition) is 0. The van der Waals surface area contributed by atoms with Crippen LogP contribution in [0.3, 0.4) is 0 Å². The quantitative estimate of drug-likeness (QED) is 0.705. The molecule has 72 valence electrons. The van der Waals surface area contributed by atoms with E-state index in [9.17, 15) is 8.78 Å². The molecule has 0 radical (unpaired) electrons. The van der Waals surface area contributed by atoms with Crippen molar-refractivity contribution < 1.29 is 13.5 Å². The standard InChI is InChI=1S/C10H12F2O/c1-7-3-4-9(8(2)5-7)6-13-10(11)12/h3-5,10H,6H2,1-2H3. The summed E-state index contributed by atoms with van der Waals surface area (Å²) in [5.74, 6) is 0. The highest BCUT2D eigenvalue weighted by molar-refractivity contribution is 5.29. The van der Waals surface area contributed by atoms with Gasteiger partial charge in [-0.15, -0.1) is 0 Å². The number of rotatable bonds is 3. The van der Waals surface area contributed by atoms with Gasteiger partial charge in [-0.05, 0) is 25.0 Å². The molecule has 0 amide bonds. The Morgan fingerprint density at radius 2 is 2.00 bits per heavy atom. The summed E-state index contributed by atoms with van der Waals surface area (Å²) in [7, 11) is 0. The molecule has 1 aromatic rings. The van der Waals surface area contributed by atoms with Crippen molar-refractivity contribution in [3.05, 3.63) is 34.9 Å². The van der Waals surface area contributed by atoms with Gasteiger partial charge in [-0.1, -0.05) is 23.8 Å². The number of halogens is 2. The van der Waals surface area contributed by atoms with Crippen LogP contribution in [0.4, 0.5) is 8.78 Å². The number of benzene rings is 1. The van der Waals surface area contributed by atoms with Crippen molar-refractivity contribution in [3.8, 4) is 0 Å². The van der Waals surface area contributed by atoms with E-state index in [2.05, 4.69) is 4.74 Å². The summed E-state index contributed by atoms with van der Waals surface area (Å²) >= 11 is 0. The Bertz CT molecular complexity index is 284. The molecule has 0 heterocycles. The van der Waals surface area contributed by atoms with Crippen molar-refractivity contribution in [2.45, 2.75) is 27.1 Å². The smallest absolute Gasteiger partial charge is 0.318 e. The summed E-state index contributed by atoms with van der Waals surface area (Å²) in [5.41, 5.74) is 2.92. The lowest BCUT2D eigenvalue weighted by molar-refractivity contribution is -0.137.